The molecule has 78 valence electrons. The lowest BCUT2D eigenvalue weighted by Gasteiger charge is -2.27. The molecule has 2 saturated heterocycles. The summed E-state index contributed by atoms with van der Waals surface area (Å²) in [5, 5.41) is 3.26. The molecule has 0 spiro atoms. The Morgan fingerprint density at radius 2 is 2.07 bits per heavy atom. The Hall–Kier alpha value is -0.550. The monoisotopic (exact) mass is 214 g/mol. The van der Waals surface area contributed by atoms with Gasteiger partial charge in [0.2, 0.25) is 11.8 Å². The van der Waals surface area contributed by atoms with Crippen LogP contribution in [-0.2, 0) is 9.59 Å². The van der Waals surface area contributed by atoms with E-state index in [0.29, 0.717) is 24.9 Å². The van der Waals surface area contributed by atoms with Crippen LogP contribution < -0.4 is 5.32 Å². The van der Waals surface area contributed by atoms with Gasteiger partial charge in [0, 0.05) is 11.8 Å². The predicted molar refractivity (Wildman–Crippen MR) is 55.1 cm³/mol. The van der Waals surface area contributed by atoms with E-state index in [1.807, 2.05) is 11.8 Å². The fraction of sp³-hybridized carbons (Fsp3) is 0.778. The summed E-state index contributed by atoms with van der Waals surface area (Å²) in [7, 11) is 0. The van der Waals surface area contributed by atoms with E-state index in [0.717, 1.165) is 6.42 Å². The van der Waals surface area contributed by atoms with Gasteiger partial charge in [0.15, 0.2) is 0 Å². The van der Waals surface area contributed by atoms with Gasteiger partial charge in [0.25, 0.3) is 0 Å². The van der Waals surface area contributed by atoms with E-state index in [1.54, 1.807) is 0 Å². The molecule has 2 fully saturated rings. The highest BCUT2D eigenvalue weighted by Gasteiger charge is 2.29. The molecular formula is C9H14N2O2S. The molecule has 1 atom stereocenters. The van der Waals surface area contributed by atoms with E-state index >= 15 is 0 Å². The highest BCUT2D eigenvalue weighted by Crippen LogP contribution is 2.26. The van der Waals surface area contributed by atoms with Crippen molar-refractivity contribution in [2.24, 2.45) is 0 Å². The fourth-order valence-corrected chi connectivity index (χ4v) is 3.06. The molecular weight excluding hydrogens is 200 g/mol. The Balaban J connectivity index is 1.93. The maximum absolute atomic E-state index is 11.4. The summed E-state index contributed by atoms with van der Waals surface area (Å²) in [6, 6.07) is 0. The van der Waals surface area contributed by atoms with Gasteiger partial charge in [-0.25, -0.2) is 0 Å². The highest BCUT2D eigenvalue weighted by atomic mass is 32.2. The van der Waals surface area contributed by atoms with Crippen molar-refractivity contribution in [1.29, 1.82) is 0 Å². The summed E-state index contributed by atoms with van der Waals surface area (Å²) in [5.74, 6) is 1.02. The van der Waals surface area contributed by atoms with Gasteiger partial charge >= 0.3 is 0 Å². The van der Waals surface area contributed by atoms with Crippen molar-refractivity contribution in [3.63, 3.8) is 0 Å². The van der Waals surface area contributed by atoms with Gasteiger partial charge < -0.3 is 0 Å². The third kappa shape index (κ3) is 2.09. The number of rotatable bonds is 2. The van der Waals surface area contributed by atoms with Crippen LogP contribution in [-0.4, -0.2) is 47.4 Å². The van der Waals surface area contributed by atoms with Crippen LogP contribution in [0.15, 0.2) is 0 Å². The molecule has 2 amide bonds. The zero-order chi connectivity index (χ0) is 9.97. The van der Waals surface area contributed by atoms with Gasteiger partial charge in [-0.15, -0.1) is 0 Å². The number of nitrogens with zero attached hydrogens (tertiary/aromatic N) is 1. The van der Waals surface area contributed by atoms with Crippen LogP contribution in [0, 0.1) is 0 Å². The molecule has 2 heterocycles. The van der Waals surface area contributed by atoms with Gasteiger partial charge in [-0.3, -0.25) is 19.8 Å². The third-order valence-corrected chi connectivity index (χ3v) is 3.95. The number of carbonyl (C=O) groups excluding carboxylic acids is 2. The zero-order valence-corrected chi connectivity index (χ0v) is 8.81. The van der Waals surface area contributed by atoms with Crippen molar-refractivity contribution in [3.8, 4) is 0 Å². The minimum Gasteiger partial charge on any atom is -0.300 e. The van der Waals surface area contributed by atoms with E-state index in [4.69, 9.17) is 0 Å². The SMILES string of the molecule is O=C1CNCC(=O)N1CC1CCCS1. The number of hydrogen-bond acceptors (Lipinski definition) is 4. The van der Waals surface area contributed by atoms with Gasteiger partial charge in [0.1, 0.15) is 0 Å². The molecule has 0 aliphatic carbocycles. The first-order valence-electron chi connectivity index (χ1n) is 4.93. The molecule has 0 aromatic carbocycles. The second-order valence-electron chi connectivity index (χ2n) is 3.64. The summed E-state index contributed by atoms with van der Waals surface area (Å²) in [6.07, 6.45) is 2.35. The van der Waals surface area contributed by atoms with Crippen LogP contribution in [0.4, 0.5) is 0 Å². The van der Waals surface area contributed by atoms with Crippen molar-refractivity contribution in [2.45, 2.75) is 18.1 Å². The molecule has 1 unspecified atom stereocenters. The molecule has 5 heteroatoms. The number of amides is 2. The molecule has 1 N–H and O–H groups in total. The lowest BCUT2D eigenvalue weighted by atomic mass is 10.2. The minimum atomic E-state index is -0.0752. The van der Waals surface area contributed by atoms with Crippen molar-refractivity contribution in [2.75, 3.05) is 25.4 Å². The van der Waals surface area contributed by atoms with Crippen molar-refractivity contribution in [3.05, 3.63) is 0 Å². The molecule has 0 saturated carbocycles. The number of hydrogen-bond donors (Lipinski definition) is 1. The summed E-state index contributed by atoms with van der Waals surface area (Å²) >= 11 is 1.87. The van der Waals surface area contributed by atoms with Gasteiger partial charge in [-0.1, -0.05) is 0 Å². The quantitative estimate of drug-likeness (QED) is 0.649. The maximum atomic E-state index is 11.4. The molecule has 2 aliphatic rings. The first-order valence-corrected chi connectivity index (χ1v) is 5.98. The number of piperazine rings is 1. The van der Waals surface area contributed by atoms with Gasteiger partial charge in [0.05, 0.1) is 13.1 Å². The Labute approximate surface area is 87.4 Å². The van der Waals surface area contributed by atoms with Crippen LogP contribution >= 0.6 is 11.8 Å². The maximum Gasteiger partial charge on any atom is 0.243 e. The normalized spacial score (nSPS) is 28.6. The molecule has 2 aliphatic heterocycles. The Bertz CT molecular complexity index is 235. The van der Waals surface area contributed by atoms with Crippen LogP contribution in [0.2, 0.25) is 0 Å². The number of nitrogens with one attached hydrogen (secondary N) is 1. The summed E-state index contributed by atoms with van der Waals surface area (Å²) in [4.78, 5) is 24.3. The average Bonchev–Trinajstić information content (AvgIpc) is 2.64. The van der Waals surface area contributed by atoms with E-state index < -0.39 is 0 Å². The molecule has 2 rings (SSSR count). The van der Waals surface area contributed by atoms with Gasteiger partial charge in [-0.2, -0.15) is 11.8 Å². The van der Waals surface area contributed by atoms with Crippen LogP contribution in [0.5, 0.6) is 0 Å². The minimum absolute atomic E-state index is 0.0752. The summed E-state index contributed by atoms with van der Waals surface area (Å²) in [5.41, 5.74) is 0. The van der Waals surface area contributed by atoms with Gasteiger partial charge in [-0.05, 0) is 18.6 Å². The summed E-state index contributed by atoms with van der Waals surface area (Å²) in [6.45, 7) is 1.23. The van der Waals surface area contributed by atoms with Crippen LogP contribution in [0.1, 0.15) is 12.8 Å². The van der Waals surface area contributed by atoms with Crippen molar-refractivity contribution in [1.82, 2.24) is 10.2 Å². The molecule has 0 aromatic heterocycles. The largest absolute Gasteiger partial charge is 0.300 e. The second kappa shape index (κ2) is 4.31. The second-order valence-corrected chi connectivity index (χ2v) is 5.04. The van der Waals surface area contributed by atoms with E-state index in [2.05, 4.69) is 5.32 Å². The molecule has 0 aromatic rings. The highest BCUT2D eigenvalue weighted by molar-refractivity contribution is 8.00. The number of carbonyl (C=O) groups is 2. The first-order chi connectivity index (χ1) is 6.77. The topological polar surface area (TPSA) is 49.4 Å². The molecule has 4 nitrogen and oxygen atoms in total. The Morgan fingerprint density at radius 1 is 1.36 bits per heavy atom. The Morgan fingerprint density at radius 3 is 2.64 bits per heavy atom. The van der Waals surface area contributed by atoms with E-state index in [1.165, 1.54) is 17.1 Å². The standard InChI is InChI=1S/C9H14N2O2S/c12-8-4-10-5-9(13)11(8)6-7-2-1-3-14-7/h7,10H,1-6H2. The predicted octanol–water partition coefficient (Wildman–Crippen LogP) is -0.160. The lowest BCUT2D eigenvalue weighted by molar-refractivity contribution is -0.146. The average molecular weight is 214 g/mol. The lowest BCUT2D eigenvalue weighted by Crippen LogP contribution is -2.53. The van der Waals surface area contributed by atoms with Crippen molar-refractivity contribution >= 4 is 23.6 Å². The van der Waals surface area contributed by atoms with E-state index in [9.17, 15) is 9.59 Å². The van der Waals surface area contributed by atoms with Crippen LogP contribution in [0.25, 0.3) is 0 Å². The molecule has 0 radical (unpaired) electrons. The number of thioether (sulfide) groups is 1. The third-order valence-electron chi connectivity index (χ3n) is 2.56. The fourth-order valence-electron chi connectivity index (χ4n) is 1.80. The molecule has 0 bridgehead atoms. The van der Waals surface area contributed by atoms with E-state index in [-0.39, 0.29) is 11.8 Å². The first kappa shape index (κ1) is 9.98. The van der Waals surface area contributed by atoms with Crippen molar-refractivity contribution < 1.29 is 9.59 Å². The molecule has 14 heavy (non-hydrogen) atoms. The number of imide groups is 1. The Kier molecular flexibility index (Phi) is 3.08. The smallest absolute Gasteiger partial charge is 0.243 e. The summed E-state index contributed by atoms with van der Waals surface area (Å²) < 4.78 is 0. The van der Waals surface area contributed by atoms with Crippen LogP contribution in [0.3, 0.4) is 0 Å². The zero-order valence-electron chi connectivity index (χ0n) is 7.99.